The fraction of sp³-hybridized carbons (Fsp3) is 0.250. The lowest BCUT2D eigenvalue weighted by molar-refractivity contribution is -0.144. The van der Waals surface area contributed by atoms with E-state index in [2.05, 4.69) is 19.7 Å². The zero-order valence-corrected chi connectivity index (χ0v) is 28.2. The number of phosphoric acid groups is 1. The molecule has 0 saturated heterocycles. The molecule has 3 unspecified atom stereocenters. The second-order valence-corrected chi connectivity index (χ2v) is 12.3. The van der Waals surface area contributed by atoms with Gasteiger partial charge in [-0.2, -0.15) is 4.57 Å². The highest BCUT2D eigenvalue weighted by molar-refractivity contribution is 7.49. The van der Waals surface area contributed by atoms with Gasteiger partial charge < -0.3 is 27.8 Å². The van der Waals surface area contributed by atoms with E-state index in [4.69, 9.17) is 27.8 Å². The van der Waals surface area contributed by atoms with Gasteiger partial charge in [-0.1, -0.05) is 74.3 Å². The first-order valence-electron chi connectivity index (χ1n) is 14.7. The van der Waals surface area contributed by atoms with Crippen LogP contribution in [0.25, 0.3) is 0 Å². The molecule has 0 bridgehead atoms. The van der Waals surface area contributed by atoms with E-state index in [1.165, 1.54) is 39.0 Å². The summed E-state index contributed by atoms with van der Waals surface area (Å²) in [5.74, 6) is -1.75. The van der Waals surface area contributed by atoms with Crippen molar-refractivity contribution in [3.05, 3.63) is 126 Å². The smallest absolute Gasteiger partial charge is 0.454 e. The monoisotopic (exact) mass is 662 g/mol. The first-order valence-corrected chi connectivity index (χ1v) is 16.1. The van der Waals surface area contributed by atoms with Crippen LogP contribution in [-0.4, -0.2) is 17.9 Å². The van der Waals surface area contributed by atoms with Crippen LogP contribution in [0.15, 0.2) is 109 Å². The highest BCUT2D eigenvalue weighted by atomic mass is 31.2. The molecule has 0 spiro atoms. The summed E-state index contributed by atoms with van der Waals surface area (Å²) in [6.07, 6.45) is -2.52. The third-order valence-corrected chi connectivity index (χ3v) is 7.86. The van der Waals surface area contributed by atoms with E-state index >= 15 is 0 Å². The molecule has 0 radical (unpaired) electrons. The first-order chi connectivity index (χ1) is 22.1. The second-order valence-electron chi connectivity index (χ2n) is 10.8. The molecule has 0 N–H and O–H groups in total. The standard InChI is InChI=1S/C36H39O10P/c1-22(2)34(37)41-25(7)28-16-10-13-19-31(28)44-47(40,45-32-20-14-11-17-29(32)26(8)42-35(38)23(3)4)46-33-21-15-12-18-30(33)27(9)43-36(39)24(5)6/h10-21,25-27H,1,3,5H2,2,4,6-9H3. The quantitative estimate of drug-likeness (QED) is 0.0674. The lowest BCUT2D eigenvalue weighted by atomic mass is 10.1. The summed E-state index contributed by atoms with van der Waals surface area (Å²) in [4.78, 5) is 36.9. The van der Waals surface area contributed by atoms with Crippen LogP contribution in [-0.2, 0) is 33.2 Å². The van der Waals surface area contributed by atoms with Crippen LogP contribution in [0.1, 0.15) is 76.5 Å². The van der Waals surface area contributed by atoms with Gasteiger partial charge >= 0.3 is 25.7 Å². The summed E-state index contributed by atoms with van der Waals surface area (Å²) >= 11 is 0. The van der Waals surface area contributed by atoms with Gasteiger partial charge in [0.15, 0.2) is 0 Å². The predicted octanol–water partition coefficient (Wildman–Crippen LogP) is 8.87. The van der Waals surface area contributed by atoms with Crippen molar-refractivity contribution in [2.75, 3.05) is 0 Å². The van der Waals surface area contributed by atoms with Gasteiger partial charge in [-0.15, -0.1) is 0 Å². The van der Waals surface area contributed by atoms with Crippen molar-refractivity contribution in [1.29, 1.82) is 0 Å². The van der Waals surface area contributed by atoms with Crippen molar-refractivity contribution in [2.45, 2.75) is 59.9 Å². The maximum atomic E-state index is 14.8. The summed E-state index contributed by atoms with van der Waals surface area (Å²) in [6.45, 7) is 20.3. The molecule has 3 atom stereocenters. The molecule has 0 fully saturated rings. The van der Waals surface area contributed by atoms with Gasteiger partial charge in [0.2, 0.25) is 0 Å². The fourth-order valence-corrected chi connectivity index (χ4v) is 5.42. The molecule has 0 heterocycles. The number of esters is 3. The minimum atomic E-state index is -4.72. The Hall–Kier alpha value is -5.08. The first kappa shape index (κ1) is 36.4. The number of carbonyl (C=O) groups is 3. The lowest BCUT2D eigenvalue weighted by Crippen LogP contribution is -2.15. The summed E-state index contributed by atoms with van der Waals surface area (Å²) in [7, 11) is -4.72. The zero-order valence-electron chi connectivity index (χ0n) is 27.3. The largest absolute Gasteiger partial charge is 0.647 e. The van der Waals surface area contributed by atoms with Crippen molar-refractivity contribution in [3.63, 3.8) is 0 Å². The van der Waals surface area contributed by atoms with Crippen LogP contribution in [0, 0.1) is 0 Å². The Morgan fingerprint density at radius 1 is 0.511 bits per heavy atom. The van der Waals surface area contributed by atoms with Gasteiger partial charge in [0.1, 0.15) is 35.6 Å². The molecule has 3 aromatic carbocycles. The Balaban J connectivity index is 2.11. The number of carbonyl (C=O) groups excluding carboxylic acids is 3. The average molecular weight is 663 g/mol. The van der Waals surface area contributed by atoms with E-state index in [9.17, 15) is 18.9 Å². The zero-order chi connectivity index (χ0) is 34.9. The number of benzene rings is 3. The van der Waals surface area contributed by atoms with Gasteiger partial charge in [-0.05, 0) is 59.7 Å². The Morgan fingerprint density at radius 3 is 0.979 bits per heavy atom. The number of rotatable bonds is 15. The third kappa shape index (κ3) is 9.95. The summed E-state index contributed by atoms with van der Waals surface area (Å²) in [5.41, 5.74) is 1.69. The molecular weight excluding hydrogens is 623 g/mol. The molecule has 0 aliphatic rings. The number of hydrogen-bond acceptors (Lipinski definition) is 10. The van der Waals surface area contributed by atoms with Crippen molar-refractivity contribution in [3.8, 4) is 17.2 Å². The number of ether oxygens (including phenoxy) is 3. The molecular formula is C36H39O10P. The Morgan fingerprint density at radius 2 is 0.745 bits per heavy atom. The number of para-hydroxylation sites is 3. The molecule has 47 heavy (non-hydrogen) atoms. The summed E-state index contributed by atoms with van der Waals surface area (Å²) < 4.78 is 49.5. The maximum Gasteiger partial charge on any atom is 0.647 e. The maximum absolute atomic E-state index is 14.8. The van der Waals surface area contributed by atoms with Crippen molar-refractivity contribution in [1.82, 2.24) is 0 Å². The van der Waals surface area contributed by atoms with Crippen LogP contribution in [0.5, 0.6) is 17.2 Å². The average Bonchev–Trinajstić information content (AvgIpc) is 3.01. The molecule has 3 aromatic rings. The highest BCUT2D eigenvalue weighted by Gasteiger charge is 2.37. The minimum absolute atomic E-state index is 0.0383. The lowest BCUT2D eigenvalue weighted by Gasteiger charge is -2.25. The normalized spacial score (nSPS) is 13.8. The molecule has 0 saturated carbocycles. The summed E-state index contributed by atoms with van der Waals surface area (Å²) in [5, 5.41) is 0. The Labute approximate surface area is 275 Å². The Kier molecular flexibility index (Phi) is 12.4. The van der Waals surface area contributed by atoms with E-state index in [-0.39, 0.29) is 34.0 Å². The van der Waals surface area contributed by atoms with Crippen LogP contribution >= 0.6 is 7.82 Å². The van der Waals surface area contributed by atoms with Gasteiger partial charge in [0.25, 0.3) is 0 Å². The third-order valence-electron chi connectivity index (χ3n) is 6.60. The number of phosphoric ester groups is 1. The van der Waals surface area contributed by atoms with Crippen molar-refractivity contribution >= 4 is 25.7 Å². The summed E-state index contributed by atoms with van der Waals surface area (Å²) in [6, 6.07) is 19.5. The van der Waals surface area contributed by atoms with Gasteiger partial charge in [-0.25, -0.2) is 14.4 Å². The van der Waals surface area contributed by atoms with E-state index in [0.29, 0.717) is 16.7 Å². The highest BCUT2D eigenvalue weighted by Crippen LogP contribution is 2.53. The molecule has 11 heteroatoms. The van der Waals surface area contributed by atoms with Gasteiger partial charge in [0, 0.05) is 33.4 Å². The van der Waals surface area contributed by atoms with Crippen LogP contribution in [0.2, 0.25) is 0 Å². The van der Waals surface area contributed by atoms with Gasteiger partial charge in [0.05, 0.1) is 0 Å². The molecule has 0 aliphatic heterocycles. The van der Waals surface area contributed by atoms with E-state index in [1.54, 1.807) is 75.4 Å². The minimum Gasteiger partial charge on any atom is -0.454 e. The van der Waals surface area contributed by atoms with E-state index in [1.807, 2.05) is 0 Å². The molecule has 0 aliphatic carbocycles. The topological polar surface area (TPSA) is 124 Å². The van der Waals surface area contributed by atoms with Crippen LogP contribution in [0.4, 0.5) is 0 Å². The second kappa shape index (κ2) is 16.0. The van der Waals surface area contributed by atoms with E-state index in [0.717, 1.165) is 0 Å². The van der Waals surface area contributed by atoms with Crippen LogP contribution < -0.4 is 13.6 Å². The molecule has 0 aromatic heterocycles. The molecule has 10 nitrogen and oxygen atoms in total. The molecule has 0 amide bonds. The van der Waals surface area contributed by atoms with Gasteiger partial charge in [-0.3, -0.25) is 0 Å². The molecule has 248 valence electrons. The predicted molar refractivity (Wildman–Crippen MR) is 177 cm³/mol. The SMILES string of the molecule is C=C(C)C(=O)OC(C)c1ccccc1OP(=O)(Oc1ccccc1C(C)OC(=O)C(=C)C)Oc1ccccc1C(C)OC(=O)C(=C)C. The van der Waals surface area contributed by atoms with Crippen LogP contribution in [0.3, 0.4) is 0 Å². The van der Waals surface area contributed by atoms with Crippen molar-refractivity contribution < 1.29 is 46.7 Å². The fourth-order valence-electron chi connectivity index (χ4n) is 4.09. The number of hydrogen-bond donors (Lipinski definition) is 0. The Bertz CT molecular complexity index is 1530. The van der Waals surface area contributed by atoms with Crippen molar-refractivity contribution in [2.24, 2.45) is 0 Å². The molecule has 3 rings (SSSR count). The van der Waals surface area contributed by atoms with E-state index < -0.39 is 44.0 Å².